The number of ether oxygens (including phenoxy) is 1. The van der Waals surface area contributed by atoms with Crippen LogP contribution in [0.5, 0.6) is 5.75 Å². The van der Waals surface area contributed by atoms with Gasteiger partial charge in [0.15, 0.2) is 11.5 Å². The molecule has 0 atom stereocenters. The number of hydrogen-bond donors (Lipinski definition) is 1. The fourth-order valence-electron chi connectivity index (χ4n) is 3.33. The van der Waals surface area contributed by atoms with Gasteiger partial charge in [-0.1, -0.05) is 12.1 Å². The molecule has 10 heteroatoms. The van der Waals surface area contributed by atoms with Gasteiger partial charge in [-0.25, -0.2) is 8.42 Å². The zero-order valence-corrected chi connectivity index (χ0v) is 18.3. The topological polar surface area (TPSA) is 111 Å². The van der Waals surface area contributed by atoms with Crippen LogP contribution in [-0.4, -0.2) is 40.3 Å². The van der Waals surface area contributed by atoms with Crippen molar-refractivity contribution in [2.45, 2.75) is 4.90 Å². The molecular formula is C23H18N6O3S. The van der Waals surface area contributed by atoms with Crippen molar-refractivity contribution >= 4 is 21.4 Å². The van der Waals surface area contributed by atoms with Gasteiger partial charge in [0.1, 0.15) is 5.75 Å². The molecule has 0 aliphatic heterocycles. The second-order valence-electron chi connectivity index (χ2n) is 7.12. The molecule has 0 spiro atoms. The number of fused-ring (bicyclic) bond motifs is 1. The lowest BCUT2D eigenvalue weighted by Crippen LogP contribution is -2.12. The molecule has 0 bridgehead atoms. The highest BCUT2D eigenvalue weighted by atomic mass is 32.2. The Kier molecular flexibility index (Phi) is 5.19. The summed E-state index contributed by atoms with van der Waals surface area (Å²) in [5, 5.41) is 13.1. The first-order valence-electron chi connectivity index (χ1n) is 9.94. The second kappa shape index (κ2) is 8.32. The lowest BCUT2D eigenvalue weighted by molar-refractivity contribution is 0.414. The third-order valence-electron chi connectivity index (χ3n) is 4.96. The zero-order chi connectivity index (χ0) is 22.8. The lowest BCUT2D eigenvalue weighted by Gasteiger charge is -2.10. The number of hydrogen-bond acceptors (Lipinski definition) is 7. The van der Waals surface area contributed by atoms with Gasteiger partial charge in [-0.15, -0.1) is 10.2 Å². The zero-order valence-electron chi connectivity index (χ0n) is 17.5. The molecule has 1 N–H and O–H groups in total. The maximum Gasteiger partial charge on any atom is 0.261 e. The SMILES string of the molecule is COc1ccc(S(=O)(=O)Nc2cccc(-c3ccc4nnc(-c5cccnc5)n4n3)c2)cc1. The van der Waals surface area contributed by atoms with Crippen LogP contribution in [0.2, 0.25) is 0 Å². The number of sulfonamides is 1. The minimum Gasteiger partial charge on any atom is -0.497 e. The average Bonchev–Trinajstić information content (AvgIpc) is 3.28. The summed E-state index contributed by atoms with van der Waals surface area (Å²) in [4.78, 5) is 4.27. The van der Waals surface area contributed by atoms with Crippen molar-refractivity contribution in [1.82, 2.24) is 24.8 Å². The van der Waals surface area contributed by atoms with Crippen molar-refractivity contribution in [2.24, 2.45) is 0 Å². The van der Waals surface area contributed by atoms with E-state index >= 15 is 0 Å². The Hall–Kier alpha value is -4.31. The predicted octanol–water partition coefficient (Wildman–Crippen LogP) is 3.66. The van der Waals surface area contributed by atoms with Crippen LogP contribution < -0.4 is 9.46 Å². The number of aromatic nitrogens is 5. The number of benzene rings is 2. The van der Waals surface area contributed by atoms with Crippen LogP contribution in [0.3, 0.4) is 0 Å². The molecular weight excluding hydrogens is 440 g/mol. The van der Waals surface area contributed by atoms with E-state index in [1.807, 2.05) is 30.3 Å². The van der Waals surface area contributed by atoms with E-state index in [0.717, 1.165) is 11.1 Å². The fourth-order valence-corrected chi connectivity index (χ4v) is 4.38. The Morgan fingerprint density at radius 3 is 2.48 bits per heavy atom. The Morgan fingerprint density at radius 1 is 0.909 bits per heavy atom. The van der Waals surface area contributed by atoms with Crippen LogP contribution in [0, 0.1) is 0 Å². The largest absolute Gasteiger partial charge is 0.497 e. The van der Waals surface area contributed by atoms with Gasteiger partial charge in [0.25, 0.3) is 10.0 Å². The maximum absolute atomic E-state index is 12.8. The van der Waals surface area contributed by atoms with E-state index in [-0.39, 0.29) is 4.90 Å². The molecule has 0 aliphatic carbocycles. The van der Waals surface area contributed by atoms with Crippen LogP contribution in [0.25, 0.3) is 28.3 Å². The minimum atomic E-state index is -3.76. The Morgan fingerprint density at radius 2 is 1.73 bits per heavy atom. The van der Waals surface area contributed by atoms with Crippen LogP contribution in [0.15, 0.2) is 90.1 Å². The minimum absolute atomic E-state index is 0.138. The number of nitrogens with one attached hydrogen (secondary N) is 1. The first kappa shape index (κ1) is 20.6. The second-order valence-corrected chi connectivity index (χ2v) is 8.80. The van der Waals surface area contributed by atoms with Gasteiger partial charge in [-0.3, -0.25) is 9.71 Å². The number of nitrogens with zero attached hydrogens (tertiary/aromatic N) is 5. The molecule has 0 radical (unpaired) electrons. The number of rotatable bonds is 6. The highest BCUT2D eigenvalue weighted by molar-refractivity contribution is 7.92. The fraction of sp³-hybridized carbons (Fsp3) is 0.0435. The summed E-state index contributed by atoms with van der Waals surface area (Å²) in [6, 6.07) is 20.5. The van der Waals surface area contributed by atoms with Crippen LogP contribution >= 0.6 is 0 Å². The summed E-state index contributed by atoms with van der Waals surface area (Å²) in [6.07, 6.45) is 3.38. The molecule has 5 rings (SSSR count). The Balaban J connectivity index is 1.47. The van der Waals surface area contributed by atoms with Crippen molar-refractivity contribution in [3.8, 4) is 28.4 Å². The number of pyridine rings is 1. The predicted molar refractivity (Wildman–Crippen MR) is 123 cm³/mol. The van der Waals surface area contributed by atoms with E-state index in [0.29, 0.717) is 28.6 Å². The van der Waals surface area contributed by atoms with Crippen molar-refractivity contribution < 1.29 is 13.2 Å². The first-order chi connectivity index (χ1) is 16.0. The van der Waals surface area contributed by atoms with E-state index in [4.69, 9.17) is 4.74 Å². The monoisotopic (exact) mass is 458 g/mol. The van der Waals surface area contributed by atoms with Gasteiger partial charge < -0.3 is 4.74 Å². The highest BCUT2D eigenvalue weighted by Crippen LogP contribution is 2.25. The van der Waals surface area contributed by atoms with Crippen molar-refractivity contribution in [3.63, 3.8) is 0 Å². The van der Waals surface area contributed by atoms with Gasteiger partial charge >= 0.3 is 0 Å². The summed E-state index contributed by atoms with van der Waals surface area (Å²) in [5.41, 5.74) is 3.17. The van der Waals surface area contributed by atoms with Gasteiger partial charge in [0.2, 0.25) is 0 Å². The van der Waals surface area contributed by atoms with E-state index in [1.165, 1.54) is 19.2 Å². The third-order valence-corrected chi connectivity index (χ3v) is 6.36. The molecule has 33 heavy (non-hydrogen) atoms. The smallest absolute Gasteiger partial charge is 0.261 e. The molecule has 5 aromatic rings. The van der Waals surface area contributed by atoms with Crippen LogP contribution in [0.4, 0.5) is 5.69 Å². The molecule has 164 valence electrons. The molecule has 0 unspecified atom stereocenters. The lowest BCUT2D eigenvalue weighted by atomic mass is 10.1. The van der Waals surface area contributed by atoms with E-state index < -0.39 is 10.0 Å². The van der Waals surface area contributed by atoms with Gasteiger partial charge in [-0.2, -0.15) is 9.61 Å². The summed E-state index contributed by atoms with van der Waals surface area (Å²) >= 11 is 0. The molecule has 0 saturated heterocycles. The van der Waals surface area contributed by atoms with Crippen molar-refractivity contribution in [2.75, 3.05) is 11.8 Å². The maximum atomic E-state index is 12.8. The third kappa shape index (κ3) is 4.11. The molecule has 3 heterocycles. The quantitative estimate of drug-likeness (QED) is 0.413. The van der Waals surface area contributed by atoms with Crippen molar-refractivity contribution in [1.29, 1.82) is 0 Å². The van der Waals surface area contributed by atoms with Crippen molar-refractivity contribution in [3.05, 3.63) is 85.2 Å². The van der Waals surface area contributed by atoms with E-state index in [1.54, 1.807) is 47.2 Å². The van der Waals surface area contributed by atoms with Crippen LogP contribution in [0.1, 0.15) is 0 Å². The summed E-state index contributed by atoms with van der Waals surface area (Å²) in [7, 11) is -2.24. The van der Waals surface area contributed by atoms with E-state index in [9.17, 15) is 8.42 Å². The Labute approximate surface area is 189 Å². The average molecular weight is 459 g/mol. The summed E-state index contributed by atoms with van der Waals surface area (Å²) in [5.74, 6) is 1.15. The molecule has 0 amide bonds. The number of anilines is 1. The van der Waals surface area contributed by atoms with Gasteiger partial charge in [-0.05, 0) is 60.7 Å². The van der Waals surface area contributed by atoms with Gasteiger partial charge in [0.05, 0.1) is 17.7 Å². The van der Waals surface area contributed by atoms with Gasteiger partial charge in [0, 0.05) is 29.2 Å². The molecule has 0 saturated carbocycles. The standard InChI is InChI=1S/C23H18N6O3S/c1-32-19-7-9-20(10-8-19)33(30,31)28-18-6-2-4-16(14-18)21-11-12-22-25-26-23(29(22)27-21)17-5-3-13-24-15-17/h2-15,28H,1H3. The first-order valence-corrected chi connectivity index (χ1v) is 11.4. The number of methoxy groups -OCH3 is 1. The molecule has 2 aromatic carbocycles. The molecule has 9 nitrogen and oxygen atoms in total. The van der Waals surface area contributed by atoms with E-state index in [2.05, 4.69) is 25.0 Å². The molecule has 0 fully saturated rings. The molecule has 0 aliphatic rings. The van der Waals surface area contributed by atoms with Crippen LogP contribution in [-0.2, 0) is 10.0 Å². The highest BCUT2D eigenvalue weighted by Gasteiger charge is 2.15. The molecule has 3 aromatic heterocycles. The summed E-state index contributed by atoms with van der Waals surface area (Å²) in [6.45, 7) is 0. The summed E-state index contributed by atoms with van der Waals surface area (Å²) < 4.78 is 34.9. The normalized spacial score (nSPS) is 11.4. The Bertz CT molecular complexity index is 1530.